The predicted molar refractivity (Wildman–Crippen MR) is 96.8 cm³/mol. The fourth-order valence-electron chi connectivity index (χ4n) is 2.48. The second-order valence-corrected chi connectivity index (χ2v) is 6.16. The van der Waals surface area contributed by atoms with Gasteiger partial charge in [0.25, 0.3) is 0 Å². The van der Waals surface area contributed by atoms with E-state index in [1.54, 1.807) is 24.3 Å². The van der Waals surface area contributed by atoms with Gasteiger partial charge in [-0.1, -0.05) is 29.8 Å². The van der Waals surface area contributed by atoms with Crippen molar-refractivity contribution < 1.29 is 19.4 Å². The maximum absolute atomic E-state index is 11.4. The molecule has 2 aromatic rings. The number of aryl methyl sites for hydroxylation is 1. The zero-order chi connectivity index (χ0) is 18.2. The minimum atomic E-state index is -0.601. The third kappa shape index (κ3) is 6.21. The van der Waals surface area contributed by atoms with Gasteiger partial charge in [0.15, 0.2) is 0 Å². The van der Waals surface area contributed by atoms with Gasteiger partial charge in [0.2, 0.25) is 0 Å². The molecule has 0 aliphatic carbocycles. The van der Waals surface area contributed by atoms with Crippen molar-refractivity contribution >= 4 is 5.97 Å². The molecule has 0 heterocycles. The molecule has 0 unspecified atom stereocenters. The lowest BCUT2D eigenvalue weighted by molar-refractivity contribution is 0.0600. The Balaban J connectivity index is 1.76. The lowest BCUT2D eigenvalue weighted by atomic mass is 10.1. The first-order valence-corrected chi connectivity index (χ1v) is 8.21. The van der Waals surface area contributed by atoms with Gasteiger partial charge in [-0.15, -0.1) is 0 Å². The SMILES string of the molecule is COC(=O)c1ccc(OC[C@H](O)CN(C)Cc2ccc(C)cc2)cc1. The highest BCUT2D eigenvalue weighted by molar-refractivity contribution is 5.89. The standard InChI is InChI=1S/C20H25NO4/c1-15-4-6-16(7-5-15)12-21(2)13-18(22)14-25-19-10-8-17(9-11-19)20(23)24-3/h4-11,18,22H,12-14H2,1-3H3/t18-/m1/s1. The number of rotatable bonds is 8. The van der Waals surface area contributed by atoms with Gasteiger partial charge in [0, 0.05) is 13.1 Å². The molecular formula is C20H25NO4. The zero-order valence-corrected chi connectivity index (χ0v) is 14.9. The van der Waals surface area contributed by atoms with Crippen LogP contribution >= 0.6 is 0 Å². The van der Waals surface area contributed by atoms with Gasteiger partial charge >= 0.3 is 5.97 Å². The zero-order valence-electron chi connectivity index (χ0n) is 14.9. The molecule has 0 amide bonds. The van der Waals surface area contributed by atoms with Crippen LogP contribution in [-0.2, 0) is 11.3 Å². The lowest BCUT2D eigenvalue weighted by Gasteiger charge is -2.21. The molecule has 0 saturated heterocycles. The number of methoxy groups -OCH3 is 1. The number of likely N-dealkylation sites (N-methyl/N-ethyl adjacent to an activating group) is 1. The number of benzene rings is 2. The topological polar surface area (TPSA) is 59.0 Å². The van der Waals surface area contributed by atoms with Gasteiger partial charge in [-0.2, -0.15) is 0 Å². The van der Waals surface area contributed by atoms with Gasteiger partial charge < -0.3 is 14.6 Å². The smallest absolute Gasteiger partial charge is 0.337 e. The number of hydrogen-bond acceptors (Lipinski definition) is 5. The minimum absolute atomic E-state index is 0.190. The number of hydrogen-bond donors (Lipinski definition) is 1. The molecule has 0 spiro atoms. The number of aliphatic hydroxyl groups excluding tert-OH is 1. The van der Waals surface area contributed by atoms with E-state index >= 15 is 0 Å². The molecule has 25 heavy (non-hydrogen) atoms. The molecule has 134 valence electrons. The van der Waals surface area contributed by atoms with E-state index in [0.717, 1.165) is 6.54 Å². The summed E-state index contributed by atoms with van der Waals surface area (Å²) in [4.78, 5) is 13.4. The Morgan fingerprint density at radius 3 is 2.36 bits per heavy atom. The molecule has 5 nitrogen and oxygen atoms in total. The van der Waals surface area contributed by atoms with Gasteiger partial charge in [-0.25, -0.2) is 4.79 Å². The Morgan fingerprint density at radius 1 is 1.12 bits per heavy atom. The van der Waals surface area contributed by atoms with Crippen LogP contribution in [0.4, 0.5) is 0 Å². The van der Waals surface area contributed by atoms with Crippen LogP contribution in [-0.4, -0.2) is 49.4 Å². The van der Waals surface area contributed by atoms with E-state index in [-0.39, 0.29) is 12.6 Å². The summed E-state index contributed by atoms with van der Waals surface area (Å²) in [7, 11) is 3.31. The van der Waals surface area contributed by atoms with Gasteiger partial charge in [0.05, 0.1) is 12.7 Å². The van der Waals surface area contributed by atoms with Crippen molar-refractivity contribution in [2.24, 2.45) is 0 Å². The van der Waals surface area contributed by atoms with E-state index in [1.165, 1.54) is 18.2 Å². The molecule has 2 aromatic carbocycles. The van der Waals surface area contributed by atoms with Gasteiger partial charge in [-0.05, 0) is 43.8 Å². The molecule has 0 aromatic heterocycles. The second kappa shape index (κ2) is 9.20. The summed E-state index contributed by atoms with van der Waals surface area (Å²) < 4.78 is 10.2. The highest BCUT2D eigenvalue weighted by Gasteiger charge is 2.10. The number of nitrogens with zero attached hydrogens (tertiary/aromatic N) is 1. The highest BCUT2D eigenvalue weighted by Crippen LogP contribution is 2.13. The van der Waals surface area contributed by atoms with Crippen LogP contribution in [0.3, 0.4) is 0 Å². The molecule has 0 bridgehead atoms. The molecule has 0 fully saturated rings. The Kier molecular flexibility index (Phi) is 6.98. The van der Waals surface area contributed by atoms with Crippen molar-refractivity contribution in [3.8, 4) is 5.75 Å². The van der Waals surface area contributed by atoms with E-state index in [0.29, 0.717) is 17.9 Å². The average molecular weight is 343 g/mol. The maximum Gasteiger partial charge on any atom is 0.337 e. The molecular weight excluding hydrogens is 318 g/mol. The Morgan fingerprint density at radius 2 is 1.76 bits per heavy atom. The molecule has 0 saturated carbocycles. The Bertz CT molecular complexity index is 667. The summed E-state index contributed by atoms with van der Waals surface area (Å²) in [5, 5.41) is 10.1. The molecule has 2 rings (SSSR count). The van der Waals surface area contributed by atoms with Gasteiger partial charge in [0.1, 0.15) is 18.5 Å². The van der Waals surface area contributed by atoms with Crippen LogP contribution in [0.1, 0.15) is 21.5 Å². The Hall–Kier alpha value is -2.37. The van der Waals surface area contributed by atoms with Gasteiger partial charge in [-0.3, -0.25) is 4.90 Å². The van der Waals surface area contributed by atoms with E-state index in [9.17, 15) is 9.90 Å². The lowest BCUT2D eigenvalue weighted by Crippen LogP contribution is -2.32. The van der Waals surface area contributed by atoms with Crippen molar-refractivity contribution in [2.75, 3.05) is 27.3 Å². The summed E-state index contributed by atoms with van der Waals surface area (Å²) >= 11 is 0. The predicted octanol–water partition coefficient (Wildman–Crippen LogP) is 2.65. The number of ether oxygens (including phenoxy) is 2. The molecule has 1 N–H and O–H groups in total. The molecule has 1 atom stereocenters. The first-order chi connectivity index (χ1) is 12.0. The van der Waals surface area contributed by atoms with Crippen molar-refractivity contribution in [1.82, 2.24) is 4.90 Å². The van der Waals surface area contributed by atoms with Crippen LogP contribution < -0.4 is 4.74 Å². The highest BCUT2D eigenvalue weighted by atomic mass is 16.5. The monoisotopic (exact) mass is 343 g/mol. The summed E-state index contributed by atoms with van der Waals surface area (Å²) in [5.41, 5.74) is 2.91. The number of aliphatic hydroxyl groups is 1. The number of esters is 1. The molecule has 5 heteroatoms. The van der Waals surface area contributed by atoms with E-state index in [4.69, 9.17) is 4.74 Å². The molecule has 0 aliphatic rings. The molecule has 0 aliphatic heterocycles. The molecule has 0 radical (unpaired) electrons. The maximum atomic E-state index is 11.4. The third-order valence-electron chi connectivity index (χ3n) is 3.81. The summed E-state index contributed by atoms with van der Waals surface area (Å²) in [6.07, 6.45) is -0.601. The third-order valence-corrected chi connectivity index (χ3v) is 3.81. The quantitative estimate of drug-likeness (QED) is 0.747. The van der Waals surface area contributed by atoms with E-state index in [1.807, 2.05) is 7.05 Å². The van der Waals surface area contributed by atoms with Crippen LogP contribution in [0.15, 0.2) is 48.5 Å². The number of carbonyl (C=O) groups excluding carboxylic acids is 1. The normalized spacial score (nSPS) is 12.0. The number of carbonyl (C=O) groups is 1. The van der Waals surface area contributed by atoms with Crippen LogP contribution in [0.2, 0.25) is 0 Å². The van der Waals surface area contributed by atoms with Crippen molar-refractivity contribution in [3.05, 3.63) is 65.2 Å². The van der Waals surface area contributed by atoms with Crippen LogP contribution in [0, 0.1) is 6.92 Å². The summed E-state index contributed by atoms with van der Waals surface area (Å²) in [6, 6.07) is 15.0. The fraction of sp³-hybridized carbons (Fsp3) is 0.350. The Labute approximate surface area is 148 Å². The van der Waals surface area contributed by atoms with Crippen molar-refractivity contribution in [1.29, 1.82) is 0 Å². The average Bonchev–Trinajstić information content (AvgIpc) is 2.61. The van der Waals surface area contributed by atoms with E-state index < -0.39 is 6.10 Å². The van der Waals surface area contributed by atoms with E-state index in [2.05, 4.69) is 40.8 Å². The first-order valence-electron chi connectivity index (χ1n) is 8.21. The first kappa shape index (κ1) is 19.0. The van der Waals surface area contributed by atoms with Crippen molar-refractivity contribution in [3.63, 3.8) is 0 Å². The summed E-state index contributed by atoms with van der Waals surface area (Å²) in [6.45, 7) is 3.53. The summed E-state index contributed by atoms with van der Waals surface area (Å²) in [5.74, 6) is 0.220. The fourth-order valence-corrected chi connectivity index (χ4v) is 2.48. The second-order valence-electron chi connectivity index (χ2n) is 6.16. The van der Waals surface area contributed by atoms with Crippen LogP contribution in [0.5, 0.6) is 5.75 Å². The van der Waals surface area contributed by atoms with Crippen LogP contribution in [0.25, 0.3) is 0 Å². The van der Waals surface area contributed by atoms with Crippen molar-refractivity contribution in [2.45, 2.75) is 19.6 Å². The largest absolute Gasteiger partial charge is 0.491 e. The minimum Gasteiger partial charge on any atom is -0.491 e.